The molecule has 0 aromatic rings. The van der Waals surface area contributed by atoms with Gasteiger partial charge >= 0.3 is 7.60 Å². The summed E-state index contributed by atoms with van der Waals surface area (Å²) in [5, 5.41) is 0. The molecule has 0 saturated heterocycles. The molecule has 0 bridgehead atoms. The Morgan fingerprint density at radius 2 is 1.83 bits per heavy atom. The third-order valence-electron chi connectivity index (χ3n) is 1.65. The highest BCUT2D eigenvalue weighted by Gasteiger charge is 2.21. The van der Waals surface area contributed by atoms with Crippen LogP contribution in [-0.4, -0.2) is 26.7 Å². The number of hydrogen-bond donors (Lipinski definition) is 0. The molecule has 0 fully saturated rings. The van der Waals surface area contributed by atoms with Crippen molar-refractivity contribution in [1.82, 2.24) is 0 Å². The molecule has 12 heavy (non-hydrogen) atoms. The van der Waals surface area contributed by atoms with Crippen molar-refractivity contribution >= 4 is 7.60 Å². The first-order valence-electron chi connectivity index (χ1n) is 3.90. The minimum Gasteiger partial charge on any atom is -0.366 e. The van der Waals surface area contributed by atoms with Crippen molar-refractivity contribution in [3.63, 3.8) is 0 Å². The maximum atomic E-state index is 11.4. The summed E-state index contributed by atoms with van der Waals surface area (Å²) < 4.78 is 26.0. The van der Waals surface area contributed by atoms with Gasteiger partial charge < -0.3 is 13.8 Å². The highest BCUT2D eigenvalue weighted by Crippen LogP contribution is 2.46. The summed E-state index contributed by atoms with van der Waals surface area (Å²) >= 11 is 0. The first-order valence-corrected chi connectivity index (χ1v) is 5.63. The highest BCUT2D eigenvalue weighted by atomic mass is 31.2. The number of rotatable bonds is 6. The summed E-state index contributed by atoms with van der Waals surface area (Å²) in [6, 6.07) is 0. The Morgan fingerprint density at radius 3 is 2.17 bits per heavy atom. The molecule has 0 aliphatic carbocycles. The third-order valence-corrected chi connectivity index (χ3v) is 3.23. The summed E-state index contributed by atoms with van der Waals surface area (Å²) in [7, 11) is -0.268. The molecule has 74 valence electrons. The van der Waals surface area contributed by atoms with E-state index in [1.54, 1.807) is 0 Å². The van der Waals surface area contributed by atoms with Crippen LogP contribution in [-0.2, 0) is 18.3 Å². The van der Waals surface area contributed by atoms with Crippen molar-refractivity contribution in [2.45, 2.75) is 26.4 Å². The van der Waals surface area contributed by atoms with Gasteiger partial charge in [-0.25, -0.2) is 0 Å². The Balaban J connectivity index is 3.81. The van der Waals surface area contributed by atoms with E-state index in [-0.39, 0.29) is 12.5 Å². The zero-order valence-corrected chi connectivity index (χ0v) is 8.97. The topological polar surface area (TPSA) is 44.8 Å². The van der Waals surface area contributed by atoms with Gasteiger partial charge in [0.05, 0.1) is 6.10 Å². The van der Waals surface area contributed by atoms with Gasteiger partial charge in [0.25, 0.3) is 0 Å². The first-order chi connectivity index (χ1) is 5.58. The third kappa shape index (κ3) is 4.21. The number of ether oxygens (including phenoxy) is 1. The van der Waals surface area contributed by atoms with E-state index in [0.29, 0.717) is 0 Å². The van der Waals surface area contributed by atoms with Crippen molar-refractivity contribution in [2.24, 2.45) is 0 Å². The fourth-order valence-electron chi connectivity index (χ4n) is 0.516. The van der Waals surface area contributed by atoms with Crippen LogP contribution in [0.1, 0.15) is 20.3 Å². The van der Waals surface area contributed by atoms with E-state index in [1.165, 1.54) is 14.2 Å². The van der Waals surface area contributed by atoms with Gasteiger partial charge in [0.2, 0.25) is 0 Å². The molecule has 0 saturated carbocycles. The van der Waals surface area contributed by atoms with E-state index in [2.05, 4.69) is 0 Å². The van der Waals surface area contributed by atoms with E-state index in [1.807, 2.05) is 13.8 Å². The lowest BCUT2D eigenvalue weighted by molar-refractivity contribution is 0.0806. The van der Waals surface area contributed by atoms with Crippen LogP contribution in [0.2, 0.25) is 0 Å². The second-order valence-corrected chi connectivity index (χ2v) is 4.70. The van der Waals surface area contributed by atoms with Gasteiger partial charge in [0.15, 0.2) is 0 Å². The van der Waals surface area contributed by atoms with Crippen LogP contribution in [0.25, 0.3) is 0 Å². The lowest BCUT2D eigenvalue weighted by Gasteiger charge is -2.16. The molecule has 4 nitrogen and oxygen atoms in total. The van der Waals surface area contributed by atoms with Gasteiger partial charge in [0.1, 0.15) is 6.35 Å². The molecule has 0 rings (SSSR count). The largest absolute Gasteiger partial charge is 0.366 e. The Hall–Kier alpha value is 0.110. The van der Waals surface area contributed by atoms with Crippen molar-refractivity contribution < 1.29 is 18.3 Å². The smallest absolute Gasteiger partial charge is 0.355 e. The van der Waals surface area contributed by atoms with Gasteiger partial charge in [-0.3, -0.25) is 4.57 Å². The molecule has 0 spiro atoms. The molecule has 1 atom stereocenters. The van der Waals surface area contributed by atoms with Crippen molar-refractivity contribution in [3.8, 4) is 0 Å². The van der Waals surface area contributed by atoms with E-state index >= 15 is 0 Å². The van der Waals surface area contributed by atoms with Crippen molar-refractivity contribution in [3.05, 3.63) is 0 Å². The summed E-state index contributed by atoms with van der Waals surface area (Å²) in [5.74, 6) is 0. The van der Waals surface area contributed by atoms with Crippen LogP contribution in [0.3, 0.4) is 0 Å². The molecule has 0 heterocycles. The van der Waals surface area contributed by atoms with Crippen LogP contribution in [0.5, 0.6) is 0 Å². The van der Waals surface area contributed by atoms with E-state index in [9.17, 15) is 4.57 Å². The van der Waals surface area contributed by atoms with Crippen LogP contribution in [0.15, 0.2) is 0 Å². The summed E-state index contributed by atoms with van der Waals surface area (Å²) in [6.07, 6.45) is 0.992. The van der Waals surface area contributed by atoms with Gasteiger partial charge in [-0.15, -0.1) is 0 Å². The Morgan fingerprint density at radius 1 is 1.33 bits per heavy atom. The van der Waals surface area contributed by atoms with Gasteiger partial charge in [-0.2, -0.15) is 0 Å². The van der Waals surface area contributed by atoms with Gasteiger partial charge in [0, 0.05) is 14.2 Å². The molecule has 5 heteroatoms. The minimum atomic E-state index is -2.97. The molecule has 0 N–H and O–H groups in total. The molecular formula is C7H17O4P. The van der Waals surface area contributed by atoms with Crippen molar-refractivity contribution in [1.29, 1.82) is 0 Å². The average molecular weight is 196 g/mol. The Labute approximate surface area is 73.7 Å². The monoisotopic (exact) mass is 196 g/mol. The Bertz CT molecular complexity index is 151. The van der Waals surface area contributed by atoms with E-state index in [0.717, 1.165) is 6.42 Å². The highest BCUT2D eigenvalue weighted by molar-refractivity contribution is 7.53. The molecule has 0 unspecified atom stereocenters. The number of hydrogen-bond acceptors (Lipinski definition) is 4. The normalized spacial score (nSPS) is 14.7. The molecule has 0 aliphatic rings. The molecule has 0 amide bonds. The fourth-order valence-corrected chi connectivity index (χ4v) is 1.31. The Kier molecular flexibility index (Phi) is 5.76. The zero-order valence-electron chi connectivity index (χ0n) is 8.07. The zero-order chi connectivity index (χ0) is 9.61. The van der Waals surface area contributed by atoms with Gasteiger partial charge in [-0.05, 0) is 13.3 Å². The minimum absolute atomic E-state index is 0.0228. The lowest BCUT2D eigenvalue weighted by Crippen LogP contribution is -2.09. The fraction of sp³-hybridized carbons (Fsp3) is 1.00. The van der Waals surface area contributed by atoms with E-state index in [4.69, 9.17) is 13.8 Å². The summed E-state index contributed by atoms with van der Waals surface area (Å²) in [5.41, 5.74) is 0. The molecule has 0 aromatic carbocycles. The lowest BCUT2D eigenvalue weighted by atomic mass is 10.3. The standard InChI is InChI=1S/C7H17O4P/c1-5-7(2)11-6-12(8,9-3)10-4/h7H,5-6H2,1-4H3/t7-/m1/s1. The van der Waals surface area contributed by atoms with Crippen LogP contribution in [0.4, 0.5) is 0 Å². The first kappa shape index (κ1) is 12.1. The van der Waals surface area contributed by atoms with Gasteiger partial charge in [-0.1, -0.05) is 6.92 Å². The maximum Gasteiger partial charge on any atom is 0.355 e. The van der Waals surface area contributed by atoms with Crippen LogP contribution in [0, 0.1) is 0 Å². The second kappa shape index (κ2) is 5.70. The summed E-state index contributed by atoms with van der Waals surface area (Å²) in [6.45, 7) is 3.91. The van der Waals surface area contributed by atoms with E-state index < -0.39 is 7.60 Å². The molecule has 0 radical (unpaired) electrons. The molecular weight excluding hydrogens is 179 g/mol. The van der Waals surface area contributed by atoms with Crippen molar-refractivity contribution in [2.75, 3.05) is 20.6 Å². The second-order valence-electron chi connectivity index (χ2n) is 2.49. The van der Waals surface area contributed by atoms with Crippen LogP contribution < -0.4 is 0 Å². The van der Waals surface area contributed by atoms with Crippen LogP contribution >= 0.6 is 7.60 Å². The predicted octanol–water partition coefficient (Wildman–Crippen LogP) is 2.24. The molecule has 0 aromatic heterocycles. The predicted molar refractivity (Wildman–Crippen MR) is 47.3 cm³/mol. The summed E-state index contributed by atoms with van der Waals surface area (Å²) in [4.78, 5) is 0. The quantitative estimate of drug-likeness (QED) is 0.611. The maximum absolute atomic E-state index is 11.4. The molecule has 0 aliphatic heterocycles. The average Bonchev–Trinajstić information content (AvgIpc) is 2.13. The SMILES string of the molecule is CC[C@@H](C)OCP(=O)(OC)OC.